The van der Waals surface area contributed by atoms with Crippen molar-refractivity contribution < 1.29 is 13.6 Å². The summed E-state index contributed by atoms with van der Waals surface area (Å²) in [5.74, 6) is -1.36. The highest BCUT2D eigenvalue weighted by Gasteiger charge is 2.26. The lowest BCUT2D eigenvalue weighted by atomic mass is 9.95. The summed E-state index contributed by atoms with van der Waals surface area (Å²) in [4.78, 5) is 28.7. The molecule has 1 amide bonds. The Balaban J connectivity index is 1.34. The van der Waals surface area contributed by atoms with Crippen molar-refractivity contribution in [3.05, 3.63) is 105 Å². The molecule has 0 saturated carbocycles. The number of piperidine rings is 1. The number of anilines is 2. The molecule has 0 atom stereocenters. The van der Waals surface area contributed by atoms with Crippen molar-refractivity contribution in [1.82, 2.24) is 14.9 Å². The first-order valence-corrected chi connectivity index (χ1v) is 13.8. The minimum Gasteiger partial charge on any atom is -0.338 e. The van der Waals surface area contributed by atoms with E-state index in [1.165, 1.54) is 18.2 Å². The molecule has 3 aromatic carbocycles. The molecule has 2 aliphatic rings. The van der Waals surface area contributed by atoms with Gasteiger partial charge in [-0.2, -0.15) is 0 Å². The van der Waals surface area contributed by atoms with E-state index < -0.39 is 11.6 Å². The molecule has 0 bridgehead atoms. The number of carbonyl (C=O) groups is 1. The van der Waals surface area contributed by atoms with Crippen molar-refractivity contribution in [3.63, 3.8) is 0 Å². The summed E-state index contributed by atoms with van der Waals surface area (Å²) in [6.07, 6.45) is 3.10. The van der Waals surface area contributed by atoms with Gasteiger partial charge in [-0.05, 0) is 55.3 Å². The van der Waals surface area contributed by atoms with Crippen molar-refractivity contribution in [2.75, 3.05) is 18.4 Å². The van der Waals surface area contributed by atoms with Gasteiger partial charge in [-0.15, -0.1) is 0 Å². The molecule has 4 aromatic rings. The first-order valence-electron chi connectivity index (χ1n) is 13.0. The van der Waals surface area contributed by atoms with Gasteiger partial charge < -0.3 is 16.0 Å². The number of rotatable bonds is 4. The second-order valence-corrected chi connectivity index (χ2v) is 10.8. The first kappa shape index (κ1) is 27.3. The van der Waals surface area contributed by atoms with Gasteiger partial charge in [-0.3, -0.25) is 9.79 Å². The number of amides is 1. The number of aliphatic imine (C=N–C) groups is 1. The number of hydrogen-bond acceptors (Lipinski definition) is 6. The molecule has 3 N–H and O–H groups in total. The average Bonchev–Trinajstić information content (AvgIpc) is 3.10. The van der Waals surface area contributed by atoms with Crippen LogP contribution in [0.25, 0.3) is 11.3 Å². The van der Waals surface area contributed by atoms with Crippen LogP contribution in [0.5, 0.6) is 0 Å². The van der Waals surface area contributed by atoms with E-state index in [9.17, 15) is 13.6 Å². The summed E-state index contributed by atoms with van der Waals surface area (Å²) in [5, 5.41) is 3.88. The Labute approximate surface area is 245 Å². The van der Waals surface area contributed by atoms with Crippen LogP contribution in [0.2, 0.25) is 10.0 Å². The zero-order valence-corrected chi connectivity index (χ0v) is 23.2. The van der Waals surface area contributed by atoms with Gasteiger partial charge in [-0.25, -0.2) is 18.7 Å². The van der Waals surface area contributed by atoms with Gasteiger partial charge in [0.25, 0.3) is 5.91 Å². The SMILES string of the molecule is NC1CCN(C(=O)c2cc(Nc3ncc4c(n3)-c3ccc(Cl)cc3C(c3c(F)cccc3F)=NC4)ccc2Cl)CC1. The lowest BCUT2D eigenvalue weighted by Crippen LogP contribution is -2.42. The molecule has 0 radical (unpaired) electrons. The summed E-state index contributed by atoms with van der Waals surface area (Å²) >= 11 is 12.7. The molecule has 3 heterocycles. The summed E-state index contributed by atoms with van der Waals surface area (Å²) in [6, 6.07) is 13.9. The zero-order chi connectivity index (χ0) is 28.7. The third-order valence-electron chi connectivity index (χ3n) is 7.24. The van der Waals surface area contributed by atoms with Crippen molar-refractivity contribution in [1.29, 1.82) is 0 Å². The molecule has 208 valence electrons. The van der Waals surface area contributed by atoms with Gasteiger partial charge in [0, 0.05) is 52.7 Å². The average molecular weight is 593 g/mol. The predicted molar refractivity (Wildman–Crippen MR) is 156 cm³/mol. The van der Waals surface area contributed by atoms with Gasteiger partial charge >= 0.3 is 0 Å². The van der Waals surface area contributed by atoms with E-state index in [1.807, 2.05) is 0 Å². The van der Waals surface area contributed by atoms with E-state index in [4.69, 9.17) is 33.9 Å². The van der Waals surface area contributed by atoms with Gasteiger partial charge in [-0.1, -0.05) is 35.3 Å². The minimum absolute atomic E-state index is 0.0984. The summed E-state index contributed by atoms with van der Waals surface area (Å²) in [6.45, 7) is 1.25. The van der Waals surface area contributed by atoms with Crippen LogP contribution < -0.4 is 11.1 Å². The van der Waals surface area contributed by atoms with Crippen molar-refractivity contribution in [3.8, 4) is 11.3 Å². The Kier molecular flexibility index (Phi) is 7.42. The van der Waals surface area contributed by atoms with Crippen molar-refractivity contribution in [2.45, 2.75) is 25.4 Å². The lowest BCUT2D eigenvalue weighted by Gasteiger charge is -2.30. The molecule has 11 heteroatoms. The van der Waals surface area contributed by atoms with Gasteiger partial charge in [0.05, 0.1) is 34.1 Å². The topological polar surface area (TPSA) is 96.5 Å². The van der Waals surface area contributed by atoms with Crippen LogP contribution in [0.3, 0.4) is 0 Å². The normalized spacial score (nSPS) is 15.0. The highest BCUT2D eigenvalue weighted by Crippen LogP contribution is 2.35. The van der Waals surface area contributed by atoms with Crippen LogP contribution in [0.1, 0.15) is 39.9 Å². The number of hydrogen-bond donors (Lipinski definition) is 2. The molecule has 6 rings (SSSR count). The smallest absolute Gasteiger partial charge is 0.255 e. The Bertz CT molecular complexity index is 1680. The molecule has 0 aliphatic carbocycles. The molecule has 7 nitrogen and oxygen atoms in total. The van der Waals surface area contributed by atoms with Crippen LogP contribution in [-0.2, 0) is 6.54 Å². The maximum atomic E-state index is 14.8. The summed E-state index contributed by atoms with van der Waals surface area (Å²) in [7, 11) is 0. The fourth-order valence-electron chi connectivity index (χ4n) is 5.09. The Hall–Kier alpha value is -3.92. The molecule has 0 unspecified atom stereocenters. The maximum absolute atomic E-state index is 14.8. The van der Waals surface area contributed by atoms with E-state index in [2.05, 4.69) is 15.3 Å². The van der Waals surface area contributed by atoms with Crippen LogP contribution in [0.15, 0.2) is 65.8 Å². The largest absolute Gasteiger partial charge is 0.338 e. The van der Waals surface area contributed by atoms with Crippen molar-refractivity contribution >= 4 is 46.5 Å². The molecular formula is C30H24Cl2F2N6O. The first-order chi connectivity index (χ1) is 19.8. The van der Waals surface area contributed by atoms with Gasteiger partial charge in [0.15, 0.2) is 0 Å². The zero-order valence-electron chi connectivity index (χ0n) is 21.7. The maximum Gasteiger partial charge on any atom is 0.255 e. The lowest BCUT2D eigenvalue weighted by molar-refractivity contribution is 0.0715. The quantitative estimate of drug-likeness (QED) is 0.286. The van der Waals surface area contributed by atoms with Crippen LogP contribution in [0.4, 0.5) is 20.4 Å². The van der Waals surface area contributed by atoms with Gasteiger partial charge in [0.2, 0.25) is 5.95 Å². The number of aromatic nitrogens is 2. The van der Waals surface area contributed by atoms with E-state index in [0.717, 1.165) is 12.8 Å². The second kappa shape index (κ2) is 11.2. The molecule has 0 spiro atoms. The van der Waals surface area contributed by atoms with Crippen LogP contribution in [0, 0.1) is 11.6 Å². The third kappa shape index (κ3) is 5.40. The fraction of sp³-hybridized carbons (Fsp3) is 0.200. The van der Waals surface area contributed by atoms with E-state index in [0.29, 0.717) is 56.8 Å². The van der Waals surface area contributed by atoms with E-state index >= 15 is 0 Å². The Morgan fingerprint density at radius 1 is 1.00 bits per heavy atom. The number of nitrogens with two attached hydrogens (primary N) is 1. The Morgan fingerprint density at radius 3 is 2.51 bits per heavy atom. The van der Waals surface area contributed by atoms with Crippen molar-refractivity contribution in [2.24, 2.45) is 10.7 Å². The summed E-state index contributed by atoms with van der Waals surface area (Å²) < 4.78 is 29.6. The summed E-state index contributed by atoms with van der Waals surface area (Å²) in [5.41, 5.74) is 9.10. The molecule has 1 saturated heterocycles. The van der Waals surface area contributed by atoms with E-state index in [1.54, 1.807) is 47.5 Å². The predicted octanol–water partition coefficient (Wildman–Crippen LogP) is 6.39. The Morgan fingerprint density at radius 2 is 1.76 bits per heavy atom. The standard InChI is InChI=1S/C30H24Cl2F2N6O/c31-17-4-6-20-21(12-17)28(26-24(33)2-1-3-25(26)34)36-14-16-15-37-30(39-27(16)20)38-19-5-7-23(32)22(13-19)29(41)40-10-8-18(35)9-11-40/h1-7,12-13,15,18H,8-11,14,35H2,(H,37,38,39). The third-order valence-corrected chi connectivity index (χ3v) is 7.81. The minimum atomic E-state index is -0.727. The second-order valence-electron chi connectivity index (χ2n) is 9.97. The monoisotopic (exact) mass is 592 g/mol. The number of nitrogens with one attached hydrogen (secondary N) is 1. The fourth-order valence-corrected chi connectivity index (χ4v) is 5.46. The van der Waals surface area contributed by atoms with Crippen LogP contribution >= 0.6 is 23.2 Å². The van der Waals surface area contributed by atoms with Crippen LogP contribution in [-0.4, -0.2) is 45.6 Å². The highest BCUT2D eigenvalue weighted by atomic mass is 35.5. The highest BCUT2D eigenvalue weighted by molar-refractivity contribution is 6.34. The molecule has 41 heavy (non-hydrogen) atoms. The van der Waals surface area contributed by atoms with E-state index in [-0.39, 0.29) is 35.7 Å². The molecule has 1 aromatic heterocycles. The molecule has 2 aliphatic heterocycles. The number of likely N-dealkylation sites (tertiary alicyclic amines) is 1. The number of nitrogens with zero attached hydrogens (tertiary/aromatic N) is 4. The molecule has 1 fully saturated rings. The molecular weight excluding hydrogens is 569 g/mol. The van der Waals surface area contributed by atoms with Gasteiger partial charge in [0.1, 0.15) is 11.6 Å². The number of fused-ring (bicyclic) bond motifs is 3. The number of halogens is 4. The number of carbonyl (C=O) groups excluding carboxylic acids is 1. The number of benzene rings is 3.